The highest BCUT2D eigenvalue weighted by Gasteiger charge is 2.31. The molecule has 9 heteroatoms. The number of sulfonamides is 1. The van der Waals surface area contributed by atoms with E-state index in [4.69, 9.17) is 9.47 Å². The maximum atomic E-state index is 12.9. The highest BCUT2D eigenvalue weighted by Crippen LogP contribution is 2.27. The lowest BCUT2D eigenvalue weighted by Gasteiger charge is -2.32. The van der Waals surface area contributed by atoms with E-state index >= 15 is 0 Å². The van der Waals surface area contributed by atoms with Crippen LogP contribution in [0.25, 0.3) is 0 Å². The molecule has 0 aliphatic carbocycles. The zero-order valence-electron chi connectivity index (χ0n) is 16.9. The number of carbonyl (C=O) groups excluding carboxylic acids is 1. The number of aromatic nitrogens is 1. The molecule has 0 radical (unpaired) electrons. The van der Waals surface area contributed by atoms with Crippen molar-refractivity contribution in [2.75, 3.05) is 39.5 Å². The Labute approximate surface area is 161 Å². The molecule has 27 heavy (non-hydrogen) atoms. The second-order valence-electron chi connectivity index (χ2n) is 6.84. The number of ether oxygens (including phenoxy) is 2. The first-order valence-corrected chi connectivity index (χ1v) is 10.8. The lowest BCUT2D eigenvalue weighted by Crippen LogP contribution is -2.43. The highest BCUT2D eigenvalue weighted by molar-refractivity contribution is 7.89. The molecule has 2 heterocycles. The number of esters is 1. The number of nitrogens with one attached hydrogen (secondary N) is 1. The summed E-state index contributed by atoms with van der Waals surface area (Å²) in [6.45, 7) is 10.8. The Morgan fingerprint density at radius 2 is 1.89 bits per heavy atom. The summed E-state index contributed by atoms with van der Waals surface area (Å²) in [6.07, 6.45) is 0.679. The number of nitrogens with zero attached hydrogens (tertiary/aromatic N) is 2. The molecule has 1 aromatic rings. The van der Waals surface area contributed by atoms with Gasteiger partial charge in [-0.05, 0) is 34.1 Å². The summed E-state index contributed by atoms with van der Waals surface area (Å²) in [5, 5.41) is 0. The highest BCUT2D eigenvalue weighted by atomic mass is 32.2. The van der Waals surface area contributed by atoms with E-state index in [1.165, 1.54) is 0 Å². The van der Waals surface area contributed by atoms with Crippen molar-refractivity contribution in [3.8, 4) is 0 Å². The summed E-state index contributed by atoms with van der Waals surface area (Å²) >= 11 is 0. The van der Waals surface area contributed by atoms with Crippen molar-refractivity contribution >= 4 is 16.0 Å². The number of carbonyl (C=O) groups is 1. The molecule has 154 valence electrons. The Hall–Kier alpha value is -1.42. The van der Waals surface area contributed by atoms with Gasteiger partial charge in [0.2, 0.25) is 10.0 Å². The van der Waals surface area contributed by atoms with Crippen LogP contribution in [0.1, 0.15) is 42.0 Å². The van der Waals surface area contributed by atoms with Gasteiger partial charge in [-0.15, -0.1) is 0 Å². The average molecular weight is 402 g/mol. The van der Waals surface area contributed by atoms with Crippen LogP contribution in [-0.2, 0) is 26.5 Å². The first-order valence-electron chi connectivity index (χ1n) is 9.35. The number of morpholine rings is 1. The molecule has 1 fully saturated rings. The predicted molar refractivity (Wildman–Crippen MR) is 103 cm³/mol. The zero-order chi connectivity index (χ0) is 20.2. The van der Waals surface area contributed by atoms with Crippen molar-refractivity contribution in [2.45, 2.75) is 45.1 Å². The van der Waals surface area contributed by atoms with E-state index in [1.54, 1.807) is 32.4 Å². The molecule has 1 atom stereocenters. The van der Waals surface area contributed by atoms with Crippen LogP contribution in [0.4, 0.5) is 0 Å². The maximum absolute atomic E-state index is 12.9. The molecular formula is C18H31N3O5S. The van der Waals surface area contributed by atoms with E-state index < -0.39 is 16.0 Å². The fourth-order valence-electron chi connectivity index (χ4n) is 3.36. The van der Waals surface area contributed by atoms with E-state index in [9.17, 15) is 13.2 Å². The Morgan fingerprint density at radius 3 is 2.48 bits per heavy atom. The van der Waals surface area contributed by atoms with Crippen LogP contribution in [0.2, 0.25) is 0 Å². The molecule has 2 rings (SSSR count). The van der Waals surface area contributed by atoms with Gasteiger partial charge in [0.25, 0.3) is 0 Å². The molecule has 0 spiro atoms. The van der Waals surface area contributed by atoms with Gasteiger partial charge >= 0.3 is 5.97 Å². The van der Waals surface area contributed by atoms with Crippen molar-refractivity contribution in [3.05, 3.63) is 17.0 Å². The summed E-state index contributed by atoms with van der Waals surface area (Å²) in [5.41, 5.74) is 1.21. The van der Waals surface area contributed by atoms with Crippen LogP contribution < -0.4 is 4.72 Å². The van der Waals surface area contributed by atoms with Gasteiger partial charge in [-0.3, -0.25) is 4.90 Å². The molecule has 8 nitrogen and oxygen atoms in total. The van der Waals surface area contributed by atoms with Crippen LogP contribution in [0, 0.1) is 13.8 Å². The second-order valence-corrected chi connectivity index (χ2v) is 8.54. The van der Waals surface area contributed by atoms with Gasteiger partial charge in [-0.25, -0.2) is 17.9 Å². The first-order chi connectivity index (χ1) is 12.7. The van der Waals surface area contributed by atoms with Gasteiger partial charge in [0.15, 0.2) is 0 Å². The third-order valence-electron chi connectivity index (χ3n) is 5.20. The number of hydrogen-bond acceptors (Lipinski definition) is 6. The summed E-state index contributed by atoms with van der Waals surface area (Å²) in [5.74, 6) is -0.610. The maximum Gasteiger partial charge on any atom is 0.341 e. The zero-order valence-corrected chi connectivity index (χ0v) is 17.7. The topological polar surface area (TPSA) is 89.9 Å². The fraction of sp³-hybridized carbons (Fsp3) is 0.722. The minimum Gasteiger partial charge on any atom is -0.462 e. The summed E-state index contributed by atoms with van der Waals surface area (Å²) < 4.78 is 40.7. The lowest BCUT2D eigenvalue weighted by atomic mass is 10.2. The van der Waals surface area contributed by atoms with Crippen molar-refractivity contribution in [1.29, 1.82) is 0 Å². The summed E-state index contributed by atoms with van der Waals surface area (Å²) in [6, 6.07) is 0.250. The van der Waals surface area contributed by atoms with E-state index in [0.29, 0.717) is 37.6 Å². The Balaban J connectivity index is 2.14. The molecule has 1 aliphatic rings. The van der Waals surface area contributed by atoms with Crippen LogP contribution in [0.5, 0.6) is 0 Å². The predicted octanol–water partition coefficient (Wildman–Crippen LogP) is 1.21. The molecule has 0 saturated carbocycles. The SMILES string of the molecule is CCOC(=O)c1c(S(=O)(=O)NCCC(C)N2CCOCC2)c(C)n(C)c1C. The Bertz CT molecular complexity index is 766. The van der Waals surface area contributed by atoms with Gasteiger partial charge in [-0.2, -0.15) is 0 Å². The smallest absolute Gasteiger partial charge is 0.341 e. The minimum atomic E-state index is -3.83. The van der Waals surface area contributed by atoms with Crippen molar-refractivity contribution in [1.82, 2.24) is 14.2 Å². The van der Waals surface area contributed by atoms with Crippen LogP contribution in [0.15, 0.2) is 4.90 Å². The van der Waals surface area contributed by atoms with Crippen molar-refractivity contribution in [3.63, 3.8) is 0 Å². The van der Waals surface area contributed by atoms with E-state index in [2.05, 4.69) is 16.5 Å². The monoisotopic (exact) mass is 401 g/mol. The van der Waals surface area contributed by atoms with Crippen LogP contribution in [0.3, 0.4) is 0 Å². The van der Waals surface area contributed by atoms with Crippen LogP contribution in [-0.4, -0.2) is 69.4 Å². The van der Waals surface area contributed by atoms with Gasteiger partial charge in [0.05, 0.1) is 19.8 Å². The molecule has 1 aromatic heterocycles. The standard InChI is InChI=1S/C18H31N3O5S/c1-6-26-18(22)16-14(3)20(5)15(4)17(16)27(23,24)19-8-7-13(2)21-9-11-25-12-10-21/h13,19H,6-12H2,1-5H3. The van der Waals surface area contributed by atoms with E-state index in [1.807, 2.05) is 0 Å². The van der Waals surface area contributed by atoms with Crippen molar-refractivity contribution < 1.29 is 22.7 Å². The number of rotatable bonds is 8. The molecule has 1 unspecified atom stereocenters. The van der Waals surface area contributed by atoms with Gasteiger partial charge < -0.3 is 14.0 Å². The molecular weight excluding hydrogens is 370 g/mol. The minimum absolute atomic E-state index is 0.0139. The van der Waals surface area contributed by atoms with Crippen molar-refractivity contribution in [2.24, 2.45) is 7.05 Å². The normalized spacial score (nSPS) is 17.1. The molecule has 0 amide bonds. The van der Waals surface area contributed by atoms with Gasteiger partial charge in [-0.1, -0.05) is 0 Å². The average Bonchev–Trinajstić information content (AvgIpc) is 2.87. The Morgan fingerprint density at radius 1 is 1.26 bits per heavy atom. The van der Waals surface area contributed by atoms with Gasteiger partial charge in [0, 0.05) is 44.1 Å². The molecule has 0 bridgehead atoms. The molecule has 0 aromatic carbocycles. The third-order valence-corrected chi connectivity index (χ3v) is 6.82. The molecule has 1 N–H and O–H groups in total. The van der Waals surface area contributed by atoms with Crippen LogP contribution >= 0.6 is 0 Å². The quantitative estimate of drug-likeness (QED) is 0.659. The fourth-order valence-corrected chi connectivity index (χ4v) is 4.92. The lowest BCUT2D eigenvalue weighted by molar-refractivity contribution is 0.0190. The largest absolute Gasteiger partial charge is 0.462 e. The Kier molecular flexibility index (Phi) is 7.44. The molecule has 1 saturated heterocycles. The third kappa shape index (κ3) is 4.90. The van der Waals surface area contributed by atoms with E-state index in [0.717, 1.165) is 13.1 Å². The summed E-state index contributed by atoms with van der Waals surface area (Å²) in [4.78, 5) is 14.6. The summed E-state index contributed by atoms with van der Waals surface area (Å²) in [7, 11) is -2.08. The number of hydrogen-bond donors (Lipinski definition) is 1. The van der Waals surface area contributed by atoms with Gasteiger partial charge in [0.1, 0.15) is 10.5 Å². The van der Waals surface area contributed by atoms with E-state index in [-0.39, 0.29) is 23.1 Å². The first kappa shape index (κ1) is 21.9. The second kappa shape index (κ2) is 9.18. The molecule has 1 aliphatic heterocycles.